The highest BCUT2D eigenvalue weighted by atomic mass is 16.6. The molecule has 2 bridgehead atoms. The molecule has 1 aromatic rings. The van der Waals surface area contributed by atoms with Crippen molar-refractivity contribution in [2.24, 2.45) is 28.8 Å². The number of non-ortho nitro benzene ring substituents is 1. The number of hydrogen-bond acceptors (Lipinski definition) is 8. The van der Waals surface area contributed by atoms with Crippen molar-refractivity contribution >= 4 is 29.7 Å². The van der Waals surface area contributed by atoms with Crippen LogP contribution in [0.25, 0.3) is 0 Å². The number of allylic oxidation sites excluding steroid dienone is 2. The van der Waals surface area contributed by atoms with Crippen LogP contribution in [0, 0.1) is 33.8 Å². The van der Waals surface area contributed by atoms with Gasteiger partial charge in [0.2, 0.25) is 0 Å². The van der Waals surface area contributed by atoms with Crippen LogP contribution in [-0.4, -0.2) is 46.6 Å². The van der Waals surface area contributed by atoms with Gasteiger partial charge in [-0.15, -0.1) is 0 Å². The maximum absolute atomic E-state index is 12.8. The second-order valence-electron chi connectivity index (χ2n) is 7.72. The Kier molecular flexibility index (Phi) is 5.30. The molecule has 0 spiro atoms. The lowest BCUT2D eigenvalue weighted by Gasteiger charge is -2.15. The standard InChI is InChI=1S/C21H21N3O7/c1-3-30-21(27)11(2)31-16-7-6-15(24(28)29)9-14(16)10-22-23-19(25)17-12-4-5-13(8-12)18(17)20(23)26/h4-7,9-13,17-18H,3,8H2,1-2H3. The number of imide groups is 1. The van der Waals surface area contributed by atoms with Crippen molar-refractivity contribution in [1.29, 1.82) is 0 Å². The van der Waals surface area contributed by atoms with Gasteiger partial charge in [0.15, 0.2) is 6.10 Å². The zero-order valence-electron chi connectivity index (χ0n) is 17.0. The molecule has 4 rings (SSSR count). The van der Waals surface area contributed by atoms with Crippen LogP contribution in [-0.2, 0) is 19.1 Å². The Morgan fingerprint density at radius 2 is 1.94 bits per heavy atom. The van der Waals surface area contributed by atoms with Crippen LogP contribution < -0.4 is 4.74 Å². The number of nitro groups is 1. The molecule has 10 nitrogen and oxygen atoms in total. The van der Waals surface area contributed by atoms with Crippen molar-refractivity contribution in [2.75, 3.05) is 6.61 Å². The first kappa shape index (κ1) is 20.7. The molecular weight excluding hydrogens is 406 g/mol. The van der Waals surface area contributed by atoms with Gasteiger partial charge in [0.25, 0.3) is 17.5 Å². The summed E-state index contributed by atoms with van der Waals surface area (Å²) in [7, 11) is 0. The number of rotatable bonds is 7. The minimum Gasteiger partial charge on any atom is -0.478 e. The van der Waals surface area contributed by atoms with Gasteiger partial charge in [0.1, 0.15) is 5.75 Å². The lowest BCUT2D eigenvalue weighted by Crippen LogP contribution is -2.28. The van der Waals surface area contributed by atoms with Crippen LogP contribution in [0.2, 0.25) is 0 Å². The Balaban J connectivity index is 1.59. The van der Waals surface area contributed by atoms with Gasteiger partial charge in [-0.05, 0) is 38.2 Å². The SMILES string of the molecule is CCOC(=O)C(C)Oc1ccc([N+](=O)[O-])cc1C=NN1C(=O)C2C3C=CC(C3)C2C1=O. The van der Waals surface area contributed by atoms with Crippen molar-refractivity contribution in [3.63, 3.8) is 0 Å². The summed E-state index contributed by atoms with van der Waals surface area (Å²) in [5.41, 5.74) is -0.0696. The van der Waals surface area contributed by atoms with Gasteiger partial charge < -0.3 is 9.47 Å². The van der Waals surface area contributed by atoms with Gasteiger partial charge in [0.05, 0.1) is 29.6 Å². The average molecular weight is 427 g/mol. The summed E-state index contributed by atoms with van der Waals surface area (Å²) in [4.78, 5) is 48.0. The van der Waals surface area contributed by atoms with Gasteiger partial charge >= 0.3 is 5.97 Å². The van der Waals surface area contributed by atoms with E-state index in [0.29, 0.717) is 0 Å². The fourth-order valence-corrected chi connectivity index (χ4v) is 4.48. The third-order valence-corrected chi connectivity index (χ3v) is 5.89. The first-order valence-corrected chi connectivity index (χ1v) is 10.0. The Labute approximate surface area is 177 Å². The normalized spacial score (nSPS) is 27.1. The summed E-state index contributed by atoms with van der Waals surface area (Å²) in [5, 5.41) is 16.1. The van der Waals surface area contributed by atoms with E-state index in [1.807, 2.05) is 12.2 Å². The molecule has 2 fully saturated rings. The highest BCUT2D eigenvalue weighted by molar-refractivity contribution is 6.07. The summed E-state index contributed by atoms with van der Waals surface area (Å²) in [6, 6.07) is 3.76. The predicted octanol–water partition coefficient (Wildman–Crippen LogP) is 2.07. The number of esters is 1. The van der Waals surface area contributed by atoms with Crippen molar-refractivity contribution in [1.82, 2.24) is 5.01 Å². The zero-order valence-corrected chi connectivity index (χ0v) is 17.0. The van der Waals surface area contributed by atoms with E-state index in [1.54, 1.807) is 6.92 Å². The topological polar surface area (TPSA) is 128 Å². The lowest BCUT2D eigenvalue weighted by molar-refractivity contribution is -0.384. The summed E-state index contributed by atoms with van der Waals surface area (Å²) in [6.45, 7) is 3.33. The van der Waals surface area contributed by atoms with Gasteiger partial charge in [-0.1, -0.05) is 12.2 Å². The number of hydrogen-bond donors (Lipinski definition) is 0. The van der Waals surface area contributed by atoms with Crippen LogP contribution in [0.15, 0.2) is 35.5 Å². The average Bonchev–Trinajstić information content (AvgIpc) is 3.41. The number of benzene rings is 1. The maximum Gasteiger partial charge on any atom is 0.347 e. The van der Waals surface area contributed by atoms with Crippen molar-refractivity contribution in [3.8, 4) is 5.75 Å². The molecule has 162 valence electrons. The molecule has 1 aromatic carbocycles. The van der Waals surface area contributed by atoms with Crippen LogP contribution in [0.5, 0.6) is 5.75 Å². The van der Waals surface area contributed by atoms with Crippen molar-refractivity contribution in [3.05, 3.63) is 46.0 Å². The molecule has 1 saturated heterocycles. The molecule has 0 N–H and O–H groups in total. The van der Waals surface area contributed by atoms with E-state index >= 15 is 0 Å². The lowest BCUT2D eigenvalue weighted by atomic mass is 9.85. The van der Waals surface area contributed by atoms with Crippen molar-refractivity contribution < 1.29 is 28.8 Å². The Morgan fingerprint density at radius 3 is 2.52 bits per heavy atom. The Morgan fingerprint density at radius 1 is 1.29 bits per heavy atom. The molecule has 2 amide bonds. The van der Waals surface area contributed by atoms with Crippen LogP contribution >= 0.6 is 0 Å². The van der Waals surface area contributed by atoms with E-state index in [4.69, 9.17) is 9.47 Å². The zero-order chi connectivity index (χ0) is 22.3. The molecule has 0 radical (unpaired) electrons. The molecule has 1 heterocycles. The van der Waals surface area contributed by atoms with E-state index in [9.17, 15) is 24.5 Å². The largest absolute Gasteiger partial charge is 0.478 e. The van der Waals surface area contributed by atoms with Crippen LogP contribution in [0.4, 0.5) is 5.69 Å². The maximum atomic E-state index is 12.8. The summed E-state index contributed by atoms with van der Waals surface area (Å²) >= 11 is 0. The second kappa shape index (κ2) is 7.93. The highest BCUT2D eigenvalue weighted by Crippen LogP contribution is 2.52. The number of carbonyl (C=O) groups is 3. The first-order valence-electron chi connectivity index (χ1n) is 10.0. The molecule has 31 heavy (non-hydrogen) atoms. The van der Waals surface area contributed by atoms with Gasteiger partial charge in [-0.25, -0.2) is 4.79 Å². The molecule has 3 aliphatic rings. The van der Waals surface area contributed by atoms with Crippen molar-refractivity contribution in [2.45, 2.75) is 26.4 Å². The van der Waals surface area contributed by atoms with Gasteiger partial charge in [-0.3, -0.25) is 19.7 Å². The van der Waals surface area contributed by atoms with Gasteiger partial charge in [-0.2, -0.15) is 10.1 Å². The molecule has 10 heteroatoms. The molecule has 5 unspecified atom stereocenters. The van der Waals surface area contributed by atoms with E-state index < -0.39 is 28.8 Å². The fraction of sp³-hybridized carbons (Fsp3) is 0.429. The summed E-state index contributed by atoms with van der Waals surface area (Å²) in [6.07, 6.45) is 4.97. The number of nitrogens with zero attached hydrogens (tertiary/aromatic N) is 3. The van der Waals surface area contributed by atoms with E-state index in [0.717, 1.165) is 11.4 Å². The van der Waals surface area contributed by atoms with Crippen LogP contribution in [0.3, 0.4) is 0 Å². The second-order valence-corrected chi connectivity index (χ2v) is 7.72. The van der Waals surface area contributed by atoms with Crippen LogP contribution in [0.1, 0.15) is 25.8 Å². The van der Waals surface area contributed by atoms with E-state index in [-0.39, 0.29) is 47.3 Å². The molecule has 1 saturated carbocycles. The number of carbonyl (C=O) groups excluding carboxylic acids is 3. The molecular formula is C21H21N3O7. The predicted molar refractivity (Wildman–Crippen MR) is 107 cm³/mol. The van der Waals surface area contributed by atoms with E-state index in [2.05, 4.69) is 5.10 Å². The number of hydrazone groups is 1. The minimum atomic E-state index is -0.968. The smallest absolute Gasteiger partial charge is 0.347 e. The molecule has 1 aliphatic heterocycles. The number of fused-ring (bicyclic) bond motifs is 5. The molecule has 5 atom stereocenters. The summed E-state index contributed by atoms with van der Waals surface area (Å²) in [5.74, 6) is -1.89. The Bertz CT molecular complexity index is 988. The molecule has 2 aliphatic carbocycles. The van der Waals surface area contributed by atoms with Gasteiger partial charge in [0, 0.05) is 17.7 Å². The van der Waals surface area contributed by atoms with E-state index in [1.165, 1.54) is 31.3 Å². The number of ether oxygens (including phenoxy) is 2. The third-order valence-electron chi connectivity index (χ3n) is 5.89. The summed E-state index contributed by atoms with van der Waals surface area (Å²) < 4.78 is 10.5. The highest BCUT2D eigenvalue weighted by Gasteiger charge is 2.59. The number of nitro benzene ring substituents is 1. The quantitative estimate of drug-likeness (QED) is 0.163. The third kappa shape index (κ3) is 3.58. The molecule has 0 aromatic heterocycles. The number of amides is 2. The monoisotopic (exact) mass is 427 g/mol. The minimum absolute atomic E-state index is 0.0498. The Hall–Kier alpha value is -3.56. The first-order chi connectivity index (χ1) is 14.8. The fourth-order valence-electron chi connectivity index (χ4n) is 4.48.